The predicted molar refractivity (Wildman–Crippen MR) is 130 cm³/mol. The van der Waals surface area contributed by atoms with Crippen molar-refractivity contribution >= 4 is 32.6 Å². The molecule has 7 nitrogen and oxygen atoms in total. The van der Waals surface area contributed by atoms with Crippen molar-refractivity contribution in [2.45, 2.75) is 20.8 Å². The zero-order chi connectivity index (χ0) is 23.1. The number of hydrogen-bond acceptors (Lipinski definition) is 7. The zero-order valence-corrected chi connectivity index (χ0v) is 20.2. The van der Waals surface area contributed by atoms with Crippen LogP contribution in [0.3, 0.4) is 0 Å². The topological polar surface area (TPSA) is 64.1 Å². The lowest BCUT2D eigenvalue weighted by atomic mass is 10.2. The van der Waals surface area contributed by atoms with Crippen LogP contribution in [-0.4, -0.2) is 62.8 Å². The summed E-state index contributed by atoms with van der Waals surface area (Å²) in [6.45, 7) is 9.35. The van der Waals surface area contributed by atoms with E-state index in [9.17, 15) is 4.79 Å². The Balaban J connectivity index is 1.84. The highest BCUT2D eigenvalue weighted by molar-refractivity contribution is 7.22. The number of rotatable bonds is 11. The van der Waals surface area contributed by atoms with Gasteiger partial charge >= 0.3 is 0 Å². The molecule has 0 saturated carbocycles. The number of carbonyl (C=O) groups excluding carboxylic acids is 1. The van der Waals surface area contributed by atoms with Crippen molar-refractivity contribution < 1.29 is 19.0 Å². The van der Waals surface area contributed by atoms with Gasteiger partial charge in [0, 0.05) is 13.1 Å². The summed E-state index contributed by atoms with van der Waals surface area (Å²) in [5, 5.41) is 0.656. The Labute approximate surface area is 193 Å². The molecule has 3 aromatic rings. The number of methoxy groups -OCH3 is 2. The summed E-state index contributed by atoms with van der Waals surface area (Å²) in [5.41, 5.74) is 1.89. The summed E-state index contributed by atoms with van der Waals surface area (Å²) >= 11 is 1.51. The van der Waals surface area contributed by atoms with Crippen LogP contribution in [0.4, 0.5) is 5.13 Å². The second-order valence-electron chi connectivity index (χ2n) is 7.30. The molecule has 0 aliphatic heterocycles. The van der Waals surface area contributed by atoms with Crippen LogP contribution < -0.4 is 19.1 Å². The van der Waals surface area contributed by atoms with Gasteiger partial charge in [-0.15, -0.1) is 0 Å². The van der Waals surface area contributed by atoms with Crippen molar-refractivity contribution in [2.24, 2.45) is 0 Å². The number of thiazole rings is 1. The molecular weight excluding hydrogens is 426 g/mol. The number of aryl methyl sites for hydroxylation is 1. The van der Waals surface area contributed by atoms with E-state index in [-0.39, 0.29) is 12.5 Å². The van der Waals surface area contributed by atoms with Gasteiger partial charge in [-0.1, -0.05) is 31.3 Å². The first-order chi connectivity index (χ1) is 15.5. The maximum Gasteiger partial charge on any atom is 0.266 e. The number of anilines is 1. The van der Waals surface area contributed by atoms with E-state index in [2.05, 4.69) is 18.7 Å². The summed E-state index contributed by atoms with van der Waals surface area (Å²) < 4.78 is 17.4. The average Bonchev–Trinajstić information content (AvgIpc) is 3.27. The molecule has 8 heteroatoms. The molecule has 1 amide bonds. The van der Waals surface area contributed by atoms with Crippen LogP contribution in [0.2, 0.25) is 0 Å². The summed E-state index contributed by atoms with van der Waals surface area (Å²) in [6, 6.07) is 11.1. The van der Waals surface area contributed by atoms with E-state index >= 15 is 0 Å². The number of aromatic nitrogens is 1. The van der Waals surface area contributed by atoms with Crippen LogP contribution in [0.1, 0.15) is 19.4 Å². The second kappa shape index (κ2) is 11.2. The number of likely N-dealkylation sites (N-methyl/N-ethyl adjacent to an activating group) is 1. The normalized spacial score (nSPS) is 11.1. The van der Waals surface area contributed by atoms with Crippen molar-refractivity contribution in [2.75, 3.05) is 51.9 Å². The van der Waals surface area contributed by atoms with Crippen LogP contribution in [0, 0.1) is 6.92 Å². The van der Waals surface area contributed by atoms with Gasteiger partial charge in [0.2, 0.25) is 0 Å². The van der Waals surface area contributed by atoms with Crippen molar-refractivity contribution in [3.05, 3.63) is 42.0 Å². The van der Waals surface area contributed by atoms with Gasteiger partial charge in [-0.25, -0.2) is 4.98 Å². The van der Waals surface area contributed by atoms with Crippen LogP contribution in [0.25, 0.3) is 10.2 Å². The van der Waals surface area contributed by atoms with Crippen LogP contribution in [0.15, 0.2) is 36.4 Å². The van der Waals surface area contributed by atoms with Gasteiger partial charge < -0.3 is 19.1 Å². The monoisotopic (exact) mass is 457 g/mol. The first-order valence-corrected chi connectivity index (χ1v) is 11.6. The lowest BCUT2D eigenvalue weighted by Gasteiger charge is -2.24. The van der Waals surface area contributed by atoms with E-state index in [1.165, 1.54) is 11.3 Å². The molecule has 0 aliphatic carbocycles. The Morgan fingerprint density at radius 2 is 1.66 bits per heavy atom. The molecule has 3 rings (SSSR count). The second-order valence-corrected chi connectivity index (χ2v) is 8.27. The average molecular weight is 458 g/mol. The van der Waals surface area contributed by atoms with E-state index < -0.39 is 0 Å². The van der Waals surface area contributed by atoms with E-state index in [0.717, 1.165) is 41.2 Å². The molecule has 0 N–H and O–H groups in total. The van der Waals surface area contributed by atoms with Gasteiger partial charge in [0.15, 0.2) is 11.7 Å². The molecule has 0 spiro atoms. The van der Waals surface area contributed by atoms with Gasteiger partial charge in [0.25, 0.3) is 5.91 Å². The minimum absolute atomic E-state index is 0.0728. The fraction of sp³-hybridized carbons (Fsp3) is 0.417. The molecule has 0 aliphatic rings. The van der Waals surface area contributed by atoms with E-state index in [1.807, 2.05) is 19.1 Å². The Hall–Kier alpha value is -2.84. The first-order valence-electron chi connectivity index (χ1n) is 10.7. The molecule has 2 aromatic carbocycles. The molecule has 1 heterocycles. The summed E-state index contributed by atoms with van der Waals surface area (Å²) in [5.74, 6) is 1.93. The van der Waals surface area contributed by atoms with Crippen LogP contribution in [-0.2, 0) is 4.79 Å². The van der Waals surface area contributed by atoms with Gasteiger partial charge in [-0.3, -0.25) is 9.69 Å². The molecule has 32 heavy (non-hydrogen) atoms. The molecule has 0 unspecified atom stereocenters. The smallest absolute Gasteiger partial charge is 0.266 e. The molecule has 0 radical (unpaired) electrons. The standard InChI is InChI=1S/C24H31N3O4S/c1-6-26(7-2)14-15-27(21(28)16-31-19-11-9-18(29-4)10-12-19)24-25-22-20(30-5)13-8-17(3)23(22)32-24/h8-13H,6-7,14-16H2,1-5H3. The summed E-state index contributed by atoms with van der Waals surface area (Å²) in [4.78, 5) is 22.0. The molecule has 0 fully saturated rings. The van der Waals surface area contributed by atoms with Crippen molar-refractivity contribution in [1.82, 2.24) is 9.88 Å². The van der Waals surface area contributed by atoms with Crippen molar-refractivity contribution in [3.63, 3.8) is 0 Å². The van der Waals surface area contributed by atoms with Crippen molar-refractivity contribution in [3.8, 4) is 17.2 Å². The first kappa shape index (κ1) is 23.8. The third-order valence-corrected chi connectivity index (χ3v) is 6.61. The lowest BCUT2D eigenvalue weighted by Crippen LogP contribution is -2.41. The quantitative estimate of drug-likeness (QED) is 0.426. The van der Waals surface area contributed by atoms with Crippen molar-refractivity contribution in [1.29, 1.82) is 0 Å². The highest BCUT2D eigenvalue weighted by Gasteiger charge is 2.22. The van der Waals surface area contributed by atoms with Crippen LogP contribution >= 0.6 is 11.3 Å². The van der Waals surface area contributed by atoms with E-state index in [4.69, 9.17) is 19.2 Å². The highest BCUT2D eigenvalue weighted by atomic mass is 32.1. The SMILES string of the molecule is CCN(CC)CCN(C(=O)COc1ccc(OC)cc1)c1nc2c(OC)ccc(C)c2s1. The largest absolute Gasteiger partial charge is 0.497 e. The predicted octanol–water partition coefficient (Wildman–Crippen LogP) is 4.38. The maximum absolute atomic E-state index is 13.2. The van der Waals surface area contributed by atoms with E-state index in [1.54, 1.807) is 43.4 Å². The summed E-state index contributed by atoms with van der Waals surface area (Å²) in [7, 11) is 3.25. The third-order valence-electron chi connectivity index (χ3n) is 5.40. The molecule has 1 aromatic heterocycles. The van der Waals surface area contributed by atoms with Gasteiger partial charge in [0.05, 0.1) is 18.9 Å². The summed E-state index contributed by atoms with van der Waals surface area (Å²) in [6.07, 6.45) is 0. The molecule has 0 bridgehead atoms. The number of ether oxygens (including phenoxy) is 3. The minimum Gasteiger partial charge on any atom is -0.497 e. The third kappa shape index (κ3) is 5.49. The zero-order valence-electron chi connectivity index (χ0n) is 19.4. The lowest BCUT2D eigenvalue weighted by molar-refractivity contribution is -0.120. The van der Waals surface area contributed by atoms with Crippen LogP contribution in [0.5, 0.6) is 17.2 Å². The van der Waals surface area contributed by atoms with Gasteiger partial charge in [-0.2, -0.15) is 0 Å². The molecule has 0 atom stereocenters. The number of benzene rings is 2. The van der Waals surface area contributed by atoms with Gasteiger partial charge in [-0.05, 0) is 55.9 Å². The Bertz CT molecular complexity index is 1030. The molecule has 172 valence electrons. The Morgan fingerprint density at radius 3 is 2.28 bits per heavy atom. The Morgan fingerprint density at radius 1 is 0.969 bits per heavy atom. The highest BCUT2D eigenvalue weighted by Crippen LogP contribution is 2.36. The fourth-order valence-electron chi connectivity index (χ4n) is 3.38. The number of hydrogen-bond donors (Lipinski definition) is 0. The number of nitrogens with zero attached hydrogens (tertiary/aromatic N) is 3. The Kier molecular flexibility index (Phi) is 8.30. The number of fused-ring (bicyclic) bond motifs is 1. The fourth-order valence-corrected chi connectivity index (χ4v) is 4.48. The molecular formula is C24H31N3O4S. The minimum atomic E-state index is -0.136. The van der Waals surface area contributed by atoms with Gasteiger partial charge in [0.1, 0.15) is 22.8 Å². The van der Waals surface area contributed by atoms with E-state index in [0.29, 0.717) is 23.2 Å². The number of carbonyl (C=O) groups is 1. The maximum atomic E-state index is 13.2. The molecule has 0 saturated heterocycles. The number of amides is 1.